The van der Waals surface area contributed by atoms with Gasteiger partial charge >= 0.3 is 58.4 Å². The van der Waals surface area contributed by atoms with Gasteiger partial charge in [-0.15, -0.1) is 0 Å². The number of hydrogen-bond donors (Lipinski definition) is 0. The second kappa shape index (κ2) is 7.35. The minimum Gasteiger partial charge on any atom is -0.488 e. The van der Waals surface area contributed by atoms with Gasteiger partial charge in [-0.25, -0.2) is 0 Å². The first-order valence-electron chi connectivity index (χ1n) is 6.54. The van der Waals surface area contributed by atoms with Crippen LogP contribution >= 0.6 is 0 Å². The van der Waals surface area contributed by atoms with Crippen molar-refractivity contribution in [1.82, 2.24) is 4.98 Å². The summed E-state index contributed by atoms with van der Waals surface area (Å²) in [6.45, 7) is -4.88. The topological polar surface area (TPSA) is 31.4 Å². The Morgan fingerprint density at radius 1 is 1.23 bits per heavy atom. The predicted octanol–water partition coefficient (Wildman–Crippen LogP) is -0.478. The van der Waals surface area contributed by atoms with Crippen molar-refractivity contribution in [2.75, 3.05) is 6.61 Å². The normalized spacial score (nSPS) is 16.4. The van der Waals surface area contributed by atoms with E-state index in [4.69, 9.17) is 9.47 Å². The molecule has 0 N–H and O–H groups in total. The third-order valence-corrected chi connectivity index (χ3v) is 3.26. The second-order valence-corrected chi connectivity index (χ2v) is 4.89. The number of rotatable bonds is 4. The maximum absolute atomic E-state index is 12.6. The van der Waals surface area contributed by atoms with E-state index < -0.39 is 12.4 Å². The molecular weight excluding hydrogens is 321 g/mol. The molecule has 1 aliphatic heterocycles. The molecule has 0 saturated carbocycles. The van der Waals surface area contributed by atoms with E-state index in [1.54, 1.807) is 0 Å². The van der Waals surface area contributed by atoms with E-state index in [-0.39, 0.29) is 69.8 Å². The fourth-order valence-electron chi connectivity index (χ4n) is 2.23. The third kappa shape index (κ3) is 4.26. The fourth-order valence-corrected chi connectivity index (χ4v) is 2.23. The first-order valence-corrected chi connectivity index (χ1v) is 6.54. The molecule has 8 heteroatoms. The Balaban J connectivity index is 0.00000176. The molecule has 3 rings (SSSR count). The number of fused-ring (bicyclic) bond motifs is 1. The number of nitrogens with zero attached hydrogens (tertiary/aromatic N) is 1. The number of aromatic nitrogens is 1. The van der Waals surface area contributed by atoms with Gasteiger partial charge in [0.25, 0.3) is 0 Å². The van der Waals surface area contributed by atoms with Crippen molar-refractivity contribution < 1.29 is 73.8 Å². The van der Waals surface area contributed by atoms with E-state index in [9.17, 15) is 12.9 Å². The molecule has 2 heterocycles. The maximum atomic E-state index is 12.6. The average Bonchev–Trinajstić information content (AvgIpc) is 2.87. The largest absolute Gasteiger partial charge is 1.00 e. The van der Waals surface area contributed by atoms with Gasteiger partial charge in [-0.2, -0.15) is 0 Å². The molecule has 22 heavy (non-hydrogen) atoms. The molecule has 0 fully saturated rings. The van der Waals surface area contributed by atoms with Gasteiger partial charge in [0.1, 0.15) is 24.2 Å². The van der Waals surface area contributed by atoms with Crippen LogP contribution < -0.4 is 66.3 Å². The van der Waals surface area contributed by atoms with Crippen molar-refractivity contribution in [3.63, 3.8) is 0 Å². The Bertz CT molecular complexity index is 629. The van der Waals surface area contributed by atoms with E-state index >= 15 is 0 Å². The van der Waals surface area contributed by atoms with Crippen LogP contribution in [0, 0.1) is 0 Å². The molecule has 0 bridgehead atoms. The molecule has 0 aliphatic carbocycles. The summed E-state index contributed by atoms with van der Waals surface area (Å²) in [5, 5.41) is 0. The Hall–Kier alpha value is -0.539. The SMILES string of the molecule is F[B-](F)(F)c1cncc(OCC2Cc3ccccc3O2)c1.[K+]. The minimum absolute atomic E-state index is 0. The van der Waals surface area contributed by atoms with Crippen molar-refractivity contribution in [3.8, 4) is 11.5 Å². The van der Waals surface area contributed by atoms with Gasteiger partial charge in [0.2, 0.25) is 0 Å². The summed E-state index contributed by atoms with van der Waals surface area (Å²) >= 11 is 0. The molecule has 1 atom stereocenters. The molecular formula is C14H12BF3KNO2. The zero-order valence-corrected chi connectivity index (χ0v) is 15.1. The number of benzene rings is 1. The van der Waals surface area contributed by atoms with Gasteiger partial charge in [-0.3, -0.25) is 4.98 Å². The van der Waals surface area contributed by atoms with Crippen LogP contribution in [0.25, 0.3) is 0 Å². The number of pyridine rings is 1. The van der Waals surface area contributed by atoms with Crippen LogP contribution in [-0.4, -0.2) is 24.7 Å². The van der Waals surface area contributed by atoms with Gasteiger partial charge in [0, 0.05) is 12.6 Å². The summed E-state index contributed by atoms with van der Waals surface area (Å²) in [6, 6.07) is 8.59. The van der Waals surface area contributed by atoms with Crippen molar-refractivity contribution in [1.29, 1.82) is 0 Å². The van der Waals surface area contributed by atoms with Crippen LogP contribution in [-0.2, 0) is 6.42 Å². The van der Waals surface area contributed by atoms with Crippen LogP contribution in [0.15, 0.2) is 42.7 Å². The molecule has 2 aromatic rings. The molecule has 0 amide bonds. The molecule has 0 saturated heterocycles. The van der Waals surface area contributed by atoms with Crippen LogP contribution in [0.4, 0.5) is 12.9 Å². The molecule has 3 nitrogen and oxygen atoms in total. The smallest absolute Gasteiger partial charge is 0.488 e. The fraction of sp³-hybridized carbons (Fsp3) is 0.214. The van der Waals surface area contributed by atoms with Gasteiger partial charge in [-0.1, -0.05) is 23.7 Å². The summed E-state index contributed by atoms with van der Waals surface area (Å²) in [5.74, 6) is 0.905. The summed E-state index contributed by atoms with van der Waals surface area (Å²) < 4.78 is 48.9. The summed E-state index contributed by atoms with van der Waals surface area (Å²) in [5.41, 5.74) is 0.319. The first kappa shape index (κ1) is 17.8. The zero-order chi connectivity index (χ0) is 14.9. The standard InChI is InChI=1S/C14H12BF3NO2.K/c16-15(17,18)11-6-12(8-19-7-11)20-9-13-5-10-3-1-2-4-14(10)21-13;/h1-4,6-8,13H,5,9H2;/q-1;+1. The quantitative estimate of drug-likeness (QED) is 0.709. The van der Waals surface area contributed by atoms with Crippen molar-refractivity contribution in [2.45, 2.75) is 12.5 Å². The zero-order valence-electron chi connectivity index (χ0n) is 12.0. The van der Waals surface area contributed by atoms with Crippen molar-refractivity contribution in [3.05, 3.63) is 48.3 Å². The van der Waals surface area contributed by atoms with E-state index in [1.807, 2.05) is 24.3 Å². The molecule has 1 aliphatic rings. The van der Waals surface area contributed by atoms with E-state index in [0.717, 1.165) is 23.6 Å². The van der Waals surface area contributed by atoms with Crippen LogP contribution in [0.5, 0.6) is 11.5 Å². The van der Waals surface area contributed by atoms with Crippen molar-refractivity contribution >= 4 is 12.4 Å². The van der Waals surface area contributed by atoms with Crippen molar-refractivity contribution in [2.24, 2.45) is 0 Å². The molecule has 1 aromatic heterocycles. The molecule has 110 valence electrons. The Morgan fingerprint density at radius 3 is 2.73 bits per heavy atom. The summed E-state index contributed by atoms with van der Waals surface area (Å²) in [4.78, 5) is 3.57. The van der Waals surface area contributed by atoms with E-state index in [1.165, 1.54) is 6.20 Å². The van der Waals surface area contributed by atoms with Gasteiger partial charge in [0.15, 0.2) is 0 Å². The van der Waals surface area contributed by atoms with Crippen LogP contribution in [0.3, 0.4) is 0 Å². The second-order valence-electron chi connectivity index (χ2n) is 4.89. The predicted molar refractivity (Wildman–Crippen MR) is 73.0 cm³/mol. The Labute approximate surface area is 168 Å². The molecule has 0 spiro atoms. The number of halogens is 3. The van der Waals surface area contributed by atoms with Gasteiger partial charge in [0.05, 0.1) is 6.20 Å². The monoisotopic (exact) mass is 333 g/mol. The van der Waals surface area contributed by atoms with Gasteiger partial charge < -0.3 is 22.4 Å². The van der Waals surface area contributed by atoms with Crippen LogP contribution in [0.1, 0.15) is 5.56 Å². The number of para-hydroxylation sites is 1. The number of ether oxygens (including phenoxy) is 2. The van der Waals surface area contributed by atoms with E-state index in [0.29, 0.717) is 6.42 Å². The molecule has 0 radical (unpaired) electrons. The summed E-state index contributed by atoms with van der Waals surface area (Å²) in [6.07, 6.45) is 2.57. The molecule has 1 unspecified atom stereocenters. The Morgan fingerprint density at radius 2 is 2.00 bits per heavy atom. The van der Waals surface area contributed by atoms with Gasteiger partial charge in [-0.05, 0) is 17.7 Å². The van der Waals surface area contributed by atoms with Crippen LogP contribution in [0.2, 0.25) is 0 Å². The average molecular weight is 333 g/mol. The Kier molecular flexibility index (Phi) is 5.95. The maximum Gasteiger partial charge on any atom is 1.00 e. The first-order chi connectivity index (χ1) is 10.0. The third-order valence-electron chi connectivity index (χ3n) is 3.26. The van der Waals surface area contributed by atoms with E-state index in [2.05, 4.69) is 4.98 Å². The number of hydrogen-bond acceptors (Lipinski definition) is 3. The summed E-state index contributed by atoms with van der Waals surface area (Å²) in [7, 11) is 0. The molecule has 1 aromatic carbocycles. The minimum atomic E-state index is -5.07.